The molecule has 3 aliphatic heterocycles. The molecule has 3 aliphatic rings. The van der Waals surface area contributed by atoms with E-state index in [1.165, 1.54) is 0 Å². The third kappa shape index (κ3) is 4.07. The molecule has 4 aromatic rings. The van der Waals surface area contributed by atoms with Gasteiger partial charge in [0.2, 0.25) is 0 Å². The molecule has 0 radical (unpaired) electrons. The quantitative estimate of drug-likeness (QED) is 0.449. The first-order valence-electron chi connectivity index (χ1n) is 12.3. The Kier molecular flexibility index (Phi) is 5.59. The van der Waals surface area contributed by atoms with Crippen molar-refractivity contribution in [2.24, 2.45) is 0 Å². The number of para-hydroxylation sites is 1. The summed E-state index contributed by atoms with van der Waals surface area (Å²) in [6.07, 6.45) is 0. The molecule has 0 amide bonds. The number of anilines is 1. The second-order valence-electron chi connectivity index (χ2n) is 9.35. The van der Waals surface area contributed by atoms with Gasteiger partial charge in [-0.25, -0.2) is 15.0 Å². The lowest BCUT2D eigenvalue weighted by Crippen LogP contribution is -2.60. The highest BCUT2D eigenvalue weighted by Crippen LogP contribution is 2.33. The van der Waals surface area contributed by atoms with Crippen LogP contribution < -0.4 is 4.90 Å². The number of H-pyrrole nitrogens is 1. The van der Waals surface area contributed by atoms with Gasteiger partial charge in [0.1, 0.15) is 21.0 Å². The van der Waals surface area contributed by atoms with Gasteiger partial charge < -0.3 is 14.4 Å². The highest BCUT2D eigenvalue weighted by Gasteiger charge is 2.33. The highest BCUT2D eigenvalue weighted by atomic mass is 32.1. The van der Waals surface area contributed by atoms with Crippen molar-refractivity contribution < 1.29 is 9.47 Å². The molecule has 0 atom stereocenters. The van der Waals surface area contributed by atoms with Crippen LogP contribution in [0, 0.1) is 0 Å². The minimum atomic E-state index is 0.636. The number of fused-ring (bicyclic) bond motifs is 2. The maximum Gasteiger partial charge on any atom is 0.184 e. The van der Waals surface area contributed by atoms with Crippen LogP contribution in [0.3, 0.4) is 0 Å². The number of hydrogen-bond acceptors (Lipinski definition) is 10. The fourth-order valence-electron chi connectivity index (χ4n) is 5.19. The number of ether oxygens (including phenoxy) is 2. The molecular weight excluding hydrogens is 464 g/mol. The largest absolute Gasteiger partial charge is 0.379 e. The number of nitrogens with zero attached hydrogens (tertiary/aromatic N) is 7. The normalized spacial score (nSPS) is 20.6. The van der Waals surface area contributed by atoms with E-state index >= 15 is 0 Å². The molecule has 1 N–H and O–H groups in total. The molecule has 6 heterocycles. The van der Waals surface area contributed by atoms with Gasteiger partial charge in [-0.1, -0.05) is 29.5 Å². The first-order valence-corrected chi connectivity index (χ1v) is 13.1. The van der Waals surface area contributed by atoms with Crippen molar-refractivity contribution in [3.63, 3.8) is 0 Å². The predicted octanol–water partition coefficient (Wildman–Crippen LogP) is 1.98. The molecule has 0 saturated carbocycles. The number of nitrogens with one attached hydrogen (secondary N) is 1. The second-order valence-corrected chi connectivity index (χ2v) is 10.4. The Morgan fingerprint density at radius 3 is 2.54 bits per heavy atom. The van der Waals surface area contributed by atoms with Crippen molar-refractivity contribution in [3.05, 3.63) is 29.3 Å². The van der Waals surface area contributed by atoms with Crippen molar-refractivity contribution in [1.82, 2.24) is 34.9 Å². The summed E-state index contributed by atoms with van der Waals surface area (Å²) >= 11 is 1.67. The number of aromatic nitrogens is 5. The van der Waals surface area contributed by atoms with Crippen LogP contribution in [-0.2, 0) is 16.0 Å². The van der Waals surface area contributed by atoms with Gasteiger partial charge in [0.25, 0.3) is 0 Å². The average Bonchev–Trinajstić information content (AvgIpc) is 3.50. The molecule has 3 fully saturated rings. The van der Waals surface area contributed by atoms with Gasteiger partial charge in [0.05, 0.1) is 38.5 Å². The molecule has 0 unspecified atom stereocenters. The Hall–Kier alpha value is -2.70. The van der Waals surface area contributed by atoms with Crippen LogP contribution in [0.4, 0.5) is 5.82 Å². The van der Waals surface area contributed by atoms with Gasteiger partial charge in [-0.05, 0) is 6.07 Å². The standard InChI is InChI=1S/C24H28N8O2S/c1-2-4-18-17(3-1)20(29-28-18)22-26-23(32-7-11-34-12-8-32)21-24(27-22)35-19(25-21)15-30-13-16(14-30)31-5-9-33-10-6-31/h1-4,16H,5-15H2,(H,28,29). The number of hydrogen-bond donors (Lipinski definition) is 1. The number of likely N-dealkylation sites (tertiary alicyclic amines) is 1. The average molecular weight is 493 g/mol. The first-order chi connectivity index (χ1) is 17.3. The summed E-state index contributed by atoms with van der Waals surface area (Å²) in [6.45, 7) is 9.80. The number of aromatic amines is 1. The fraction of sp³-hybridized carbons (Fsp3) is 0.500. The van der Waals surface area contributed by atoms with E-state index in [-0.39, 0.29) is 0 Å². The van der Waals surface area contributed by atoms with Gasteiger partial charge >= 0.3 is 0 Å². The summed E-state index contributed by atoms with van der Waals surface area (Å²) in [4.78, 5) is 23.2. The molecule has 3 aromatic heterocycles. The molecule has 0 spiro atoms. The van der Waals surface area contributed by atoms with Gasteiger partial charge in [0, 0.05) is 50.7 Å². The van der Waals surface area contributed by atoms with E-state index in [9.17, 15) is 0 Å². The van der Waals surface area contributed by atoms with Gasteiger partial charge in [-0.3, -0.25) is 14.9 Å². The minimum Gasteiger partial charge on any atom is -0.379 e. The zero-order valence-corrected chi connectivity index (χ0v) is 20.3. The number of benzene rings is 1. The van der Waals surface area contributed by atoms with Crippen LogP contribution in [-0.4, -0.2) is 107 Å². The lowest BCUT2D eigenvalue weighted by molar-refractivity contribution is -0.0344. The van der Waals surface area contributed by atoms with Crippen molar-refractivity contribution in [2.45, 2.75) is 12.6 Å². The van der Waals surface area contributed by atoms with Crippen LogP contribution in [0.25, 0.3) is 32.8 Å². The SMILES string of the molecule is c1ccc2c(-c3nc(N4CCOCC4)c4nc(CN5CC(N6CCOCC6)C5)sc4n3)n[nH]c2c1. The zero-order valence-electron chi connectivity index (χ0n) is 19.5. The van der Waals surface area contributed by atoms with Crippen LogP contribution in [0.2, 0.25) is 0 Å². The van der Waals surface area contributed by atoms with Crippen LogP contribution >= 0.6 is 11.3 Å². The van der Waals surface area contributed by atoms with Crippen molar-refractivity contribution in [2.75, 3.05) is 70.6 Å². The summed E-state index contributed by atoms with van der Waals surface area (Å²) in [7, 11) is 0. The van der Waals surface area contributed by atoms with Gasteiger partial charge in [-0.15, -0.1) is 0 Å². The minimum absolute atomic E-state index is 0.636. The lowest BCUT2D eigenvalue weighted by atomic mass is 10.1. The molecule has 11 heteroatoms. The van der Waals surface area contributed by atoms with Crippen LogP contribution in [0.1, 0.15) is 5.01 Å². The lowest BCUT2D eigenvalue weighted by Gasteiger charge is -2.46. The summed E-state index contributed by atoms with van der Waals surface area (Å²) in [5.74, 6) is 1.53. The molecule has 0 bridgehead atoms. The van der Waals surface area contributed by atoms with Gasteiger partial charge in [-0.2, -0.15) is 5.10 Å². The Morgan fingerprint density at radius 1 is 0.943 bits per heavy atom. The van der Waals surface area contributed by atoms with Crippen molar-refractivity contribution in [3.8, 4) is 11.5 Å². The fourth-order valence-corrected chi connectivity index (χ4v) is 6.16. The molecule has 182 valence electrons. The van der Waals surface area contributed by atoms with Crippen molar-refractivity contribution >= 4 is 38.4 Å². The zero-order chi connectivity index (χ0) is 23.2. The Morgan fingerprint density at radius 2 is 1.71 bits per heavy atom. The van der Waals surface area contributed by atoms with E-state index in [1.54, 1.807) is 11.3 Å². The molecule has 7 rings (SSSR count). The predicted molar refractivity (Wildman–Crippen MR) is 135 cm³/mol. The summed E-state index contributed by atoms with van der Waals surface area (Å²) in [5, 5.41) is 9.79. The van der Waals surface area contributed by atoms with Gasteiger partial charge in [0.15, 0.2) is 11.6 Å². The Balaban J connectivity index is 1.20. The Labute approximate surface area is 206 Å². The molecule has 3 saturated heterocycles. The van der Waals surface area contributed by atoms with Crippen LogP contribution in [0.5, 0.6) is 0 Å². The topological polar surface area (TPSA) is 95.5 Å². The van der Waals surface area contributed by atoms with E-state index in [4.69, 9.17) is 24.4 Å². The van der Waals surface area contributed by atoms with E-state index in [1.807, 2.05) is 18.2 Å². The third-order valence-corrected chi connectivity index (χ3v) is 8.07. The monoisotopic (exact) mass is 492 g/mol. The van der Waals surface area contributed by atoms with Crippen LogP contribution in [0.15, 0.2) is 24.3 Å². The summed E-state index contributed by atoms with van der Waals surface area (Å²) in [6, 6.07) is 8.74. The van der Waals surface area contributed by atoms with E-state index < -0.39 is 0 Å². The highest BCUT2D eigenvalue weighted by molar-refractivity contribution is 7.18. The maximum absolute atomic E-state index is 5.59. The van der Waals surface area contributed by atoms with E-state index in [0.29, 0.717) is 25.1 Å². The second kappa shape index (κ2) is 9.07. The third-order valence-electron chi connectivity index (χ3n) is 7.14. The maximum atomic E-state index is 5.59. The molecular formula is C24H28N8O2S. The van der Waals surface area contributed by atoms with Crippen molar-refractivity contribution in [1.29, 1.82) is 0 Å². The molecule has 10 nitrogen and oxygen atoms in total. The first kappa shape index (κ1) is 21.6. The Bertz CT molecular complexity index is 1340. The number of rotatable bonds is 5. The smallest absolute Gasteiger partial charge is 0.184 e. The van der Waals surface area contributed by atoms with E-state index in [0.717, 1.165) is 96.8 Å². The number of thiazole rings is 1. The summed E-state index contributed by atoms with van der Waals surface area (Å²) < 4.78 is 11.1. The number of morpholine rings is 2. The molecule has 35 heavy (non-hydrogen) atoms. The molecule has 0 aliphatic carbocycles. The molecule has 1 aromatic carbocycles. The summed E-state index contributed by atoms with van der Waals surface area (Å²) in [5.41, 5.74) is 2.65. The van der Waals surface area contributed by atoms with E-state index in [2.05, 4.69) is 31.0 Å².